The minimum absolute atomic E-state index is 0.0653. The van der Waals surface area contributed by atoms with Crippen LogP contribution < -0.4 is 15.4 Å². The first-order chi connectivity index (χ1) is 14.7. The lowest BCUT2D eigenvalue weighted by molar-refractivity contribution is -0.122. The SMILES string of the molecule is CC(Oc1ccc(C(C)(C)C)cc1)C(=O)Nc1cccc(C(=O)NC2CCCCC2)c1. The standard InChI is InChI=1S/C26H34N2O3/c1-18(31-23-15-13-20(14-16-23)26(2,3)4)24(29)28-22-12-8-9-19(17-22)25(30)27-21-10-6-5-7-11-21/h8-9,12-18,21H,5-7,10-11H2,1-4H3,(H,27,30)(H,28,29). The first kappa shape index (κ1) is 22.9. The maximum Gasteiger partial charge on any atom is 0.265 e. The van der Waals surface area contributed by atoms with Crippen molar-refractivity contribution < 1.29 is 14.3 Å². The molecule has 2 amide bonds. The van der Waals surface area contributed by atoms with Gasteiger partial charge in [0.25, 0.3) is 11.8 Å². The molecule has 1 aliphatic rings. The van der Waals surface area contributed by atoms with Crippen molar-refractivity contribution in [1.29, 1.82) is 0 Å². The summed E-state index contributed by atoms with van der Waals surface area (Å²) in [7, 11) is 0. The molecule has 166 valence electrons. The van der Waals surface area contributed by atoms with Crippen molar-refractivity contribution in [1.82, 2.24) is 5.32 Å². The molecule has 5 nitrogen and oxygen atoms in total. The van der Waals surface area contributed by atoms with E-state index in [1.54, 1.807) is 31.2 Å². The summed E-state index contributed by atoms with van der Waals surface area (Å²) in [5, 5.41) is 5.96. The van der Waals surface area contributed by atoms with Gasteiger partial charge in [-0.1, -0.05) is 58.2 Å². The van der Waals surface area contributed by atoms with E-state index in [4.69, 9.17) is 4.74 Å². The van der Waals surface area contributed by atoms with Gasteiger partial charge >= 0.3 is 0 Å². The molecule has 2 aromatic carbocycles. The molecule has 3 rings (SSSR count). The summed E-state index contributed by atoms with van der Waals surface area (Å²) >= 11 is 0. The highest BCUT2D eigenvalue weighted by Gasteiger charge is 2.19. The van der Waals surface area contributed by atoms with E-state index in [1.807, 2.05) is 24.3 Å². The van der Waals surface area contributed by atoms with Gasteiger partial charge in [0.15, 0.2) is 6.10 Å². The summed E-state index contributed by atoms with van der Waals surface area (Å²) in [5.41, 5.74) is 2.41. The van der Waals surface area contributed by atoms with Gasteiger partial charge in [-0.25, -0.2) is 0 Å². The molecule has 0 bridgehead atoms. The molecular formula is C26H34N2O3. The molecule has 1 atom stereocenters. The Kier molecular flexibility index (Phi) is 7.37. The van der Waals surface area contributed by atoms with Crippen LogP contribution in [0.1, 0.15) is 75.7 Å². The van der Waals surface area contributed by atoms with E-state index in [9.17, 15) is 9.59 Å². The number of hydrogen-bond donors (Lipinski definition) is 2. The normalized spacial score (nSPS) is 15.7. The Morgan fingerprint density at radius 3 is 2.32 bits per heavy atom. The first-order valence-electron chi connectivity index (χ1n) is 11.2. The second-order valence-electron chi connectivity index (χ2n) is 9.41. The number of ether oxygens (including phenoxy) is 1. The van der Waals surface area contributed by atoms with Crippen LogP contribution in [0.3, 0.4) is 0 Å². The van der Waals surface area contributed by atoms with Crippen molar-refractivity contribution in [2.75, 3.05) is 5.32 Å². The lowest BCUT2D eigenvalue weighted by Gasteiger charge is -2.23. The van der Waals surface area contributed by atoms with E-state index >= 15 is 0 Å². The van der Waals surface area contributed by atoms with Crippen molar-refractivity contribution in [2.24, 2.45) is 0 Å². The molecule has 2 N–H and O–H groups in total. The number of hydrogen-bond acceptors (Lipinski definition) is 3. The number of carbonyl (C=O) groups is 2. The summed E-state index contributed by atoms with van der Waals surface area (Å²) in [6.45, 7) is 8.18. The van der Waals surface area contributed by atoms with Crippen LogP contribution in [0.4, 0.5) is 5.69 Å². The van der Waals surface area contributed by atoms with Crippen LogP contribution in [0.2, 0.25) is 0 Å². The van der Waals surface area contributed by atoms with E-state index in [2.05, 4.69) is 31.4 Å². The van der Waals surface area contributed by atoms with Gasteiger partial charge in [0, 0.05) is 17.3 Å². The van der Waals surface area contributed by atoms with Gasteiger partial charge in [-0.15, -0.1) is 0 Å². The molecule has 0 heterocycles. The molecule has 1 aliphatic carbocycles. The zero-order valence-corrected chi connectivity index (χ0v) is 19.0. The maximum absolute atomic E-state index is 12.6. The number of benzene rings is 2. The number of anilines is 1. The minimum atomic E-state index is -0.666. The van der Waals surface area contributed by atoms with E-state index in [0.717, 1.165) is 25.7 Å². The highest BCUT2D eigenvalue weighted by Crippen LogP contribution is 2.25. The molecular weight excluding hydrogens is 388 g/mol. The van der Waals surface area contributed by atoms with Crippen LogP contribution in [0.25, 0.3) is 0 Å². The first-order valence-corrected chi connectivity index (χ1v) is 11.2. The Morgan fingerprint density at radius 2 is 1.68 bits per heavy atom. The lowest BCUT2D eigenvalue weighted by atomic mass is 9.87. The van der Waals surface area contributed by atoms with Crippen LogP contribution >= 0.6 is 0 Å². The average molecular weight is 423 g/mol. The van der Waals surface area contributed by atoms with Crippen molar-refractivity contribution in [3.05, 3.63) is 59.7 Å². The van der Waals surface area contributed by atoms with Gasteiger partial charge in [-0.3, -0.25) is 9.59 Å². The largest absolute Gasteiger partial charge is 0.481 e. The molecule has 0 saturated heterocycles. The van der Waals surface area contributed by atoms with E-state index in [0.29, 0.717) is 17.0 Å². The molecule has 1 unspecified atom stereocenters. The van der Waals surface area contributed by atoms with Crippen molar-refractivity contribution in [3.8, 4) is 5.75 Å². The van der Waals surface area contributed by atoms with E-state index < -0.39 is 6.10 Å². The maximum atomic E-state index is 12.6. The van der Waals surface area contributed by atoms with Crippen molar-refractivity contribution >= 4 is 17.5 Å². The molecule has 5 heteroatoms. The topological polar surface area (TPSA) is 67.4 Å². The molecule has 0 aliphatic heterocycles. The van der Waals surface area contributed by atoms with Crippen LogP contribution in [-0.4, -0.2) is 24.0 Å². The Balaban J connectivity index is 1.57. The van der Waals surface area contributed by atoms with Crippen LogP contribution in [-0.2, 0) is 10.2 Å². The second-order valence-corrected chi connectivity index (χ2v) is 9.41. The Morgan fingerprint density at radius 1 is 1.00 bits per heavy atom. The third kappa shape index (κ3) is 6.58. The second kappa shape index (κ2) is 9.99. The highest BCUT2D eigenvalue weighted by molar-refractivity contribution is 5.98. The highest BCUT2D eigenvalue weighted by atomic mass is 16.5. The van der Waals surface area contributed by atoms with E-state index in [-0.39, 0.29) is 23.3 Å². The minimum Gasteiger partial charge on any atom is -0.481 e. The molecule has 2 aromatic rings. The molecule has 1 fully saturated rings. The molecule has 31 heavy (non-hydrogen) atoms. The van der Waals surface area contributed by atoms with Gasteiger partial charge in [0.1, 0.15) is 5.75 Å². The Bertz CT molecular complexity index is 894. The molecule has 0 radical (unpaired) electrons. The number of nitrogens with one attached hydrogen (secondary N) is 2. The summed E-state index contributed by atoms with van der Waals surface area (Å²) in [5.74, 6) is 0.298. The Hall–Kier alpha value is -2.82. The van der Waals surface area contributed by atoms with Gasteiger partial charge in [-0.05, 0) is 61.1 Å². The predicted octanol–water partition coefficient (Wildman–Crippen LogP) is 5.45. The van der Waals surface area contributed by atoms with Gasteiger partial charge in [-0.2, -0.15) is 0 Å². The van der Waals surface area contributed by atoms with Crippen LogP contribution in [0.5, 0.6) is 5.75 Å². The van der Waals surface area contributed by atoms with Crippen LogP contribution in [0, 0.1) is 0 Å². The molecule has 0 aromatic heterocycles. The monoisotopic (exact) mass is 422 g/mol. The fourth-order valence-corrected chi connectivity index (χ4v) is 3.79. The fraction of sp³-hybridized carbons (Fsp3) is 0.462. The molecule has 1 saturated carbocycles. The number of amides is 2. The quantitative estimate of drug-likeness (QED) is 0.650. The average Bonchev–Trinajstić information content (AvgIpc) is 2.74. The van der Waals surface area contributed by atoms with E-state index in [1.165, 1.54) is 12.0 Å². The van der Waals surface area contributed by atoms with Gasteiger partial charge in [0.05, 0.1) is 0 Å². The zero-order chi connectivity index (χ0) is 22.4. The van der Waals surface area contributed by atoms with Crippen molar-refractivity contribution in [3.63, 3.8) is 0 Å². The summed E-state index contributed by atoms with van der Waals surface area (Å²) in [4.78, 5) is 25.2. The summed E-state index contributed by atoms with van der Waals surface area (Å²) in [6, 6.07) is 15.1. The smallest absolute Gasteiger partial charge is 0.265 e. The molecule has 0 spiro atoms. The van der Waals surface area contributed by atoms with Crippen LogP contribution in [0.15, 0.2) is 48.5 Å². The number of carbonyl (C=O) groups excluding carboxylic acids is 2. The summed E-state index contributed by atoms with van der Waals surface area (Å²) in [6.07, 6.45) is 4.98. The summed E-state index contributed by atoms with van der Waals surface area (Å²) < 4.78 is 5.80. The Labute approximate surface area is 185 Å². The lowest BCUT2D eigenvalue weighted by Crippen LogP contribution is -2.36. The fourth-order valence-electron chi connectivity index (χ4n) is 3.79. The third-order valence-corrected chi connectivity index (χ3v) is 5.74. The van der Waals surface area contributed by atoms with Gasteiger partial charge < -0.3 is 15.4 Å². The van der Waals surface area contributed by atoms with Crippen molar-refractivity contribution in [2.45, 2.75) is 77.4 Å². The third-order valence-electron chi connectivity index (χ3n) is 5.74. The number of rotatable bonds is 6. The predicted molar refractivity (Wildman–Crippen MR) is 125 cm³/mol. The van der Waals surface area contributed by atoms with Gasteiger partial charge in [0.2, 0.25) is 0 Å². The zero-order valence-electron chi connectivity index (χ0n) is 19.0.